The zero-order chi connectivity index (χ0) is 25.9. The second-order valence-electron chi connectivity index (χ2n) is 8.51. The van der Waals surface area contributed by atoms with Gasteiger partial charge in [-0.15, -0.1) is 0 Å². The number of nitrogens with zero attached hydrogens (tertiary/aromatic N) is 3. The second kappa shape index (κ2) is 10.2. The molecule has 0 aliphatic heterocycles. The molecule has 0 bridgehead atoms. The maximum atomic E-state index is 13.0. The molecular formula is C26H27N5O4S. The van der Waals surface area contributed by atoms with Crippen LogP contribution in [0.15, 0.2) is 72.9 Å². The topological polar surface area (TPSA) is 113 Å². The minimum atomic E-state index is -3.44. The van der Waals surface area contributed by atoms with E-state index in [1.54, 1.807) is 52.9 Å². The fraction of sp³-hybridized carbons (Fsp3) is 0.192. The first-order valence-corrected chi connectivity index (χ1v) is 13.2. The lowest BCUT2D eigenvalue weighted by atomic mass is 10.1. The Bertz CT molecular complexity index is 1530. The van der Waals surface area contributed by atoms with E-state index in [9.17, 15) is 18.0 Å². The average Bonchev–Trinajstić information content (AvgIpc) is 3.16. The van der Waals surface area contributed by atoms with E-state index in [1.165, 1.54) is 6.07 Å². The molecule has 9 nitrogen and oxygen atoms in total. The summed E-state index contributed by atoms with van der Waals surface area (Å²) in [7, 11) is -1.74. The molecule has 186 valence electrons. The third-order valence-electron chi connectivity index (χ3n) is 5.61. The summed E-state index contributed by atoms with van der Waals surface area (Å²) in [6.07, 6.45) is 3.66. The number of carbonyl (C=O) groups is 2. The molecule has 0 unspecified atom stereocenters. The van der Waals surface area contributed by atoms with Crippen molar-refractivity contribution in [3.63, 3.8) is 0 Å². The van der Waals surface area contributed by atoms with E-state index >= 15 is 0 Å². The van der Waals surface area contributed by atoms with Gasteiger partial charge in [-0.3, -0.25) is 23.6 Å². The van der Waals surface area contributed by atoms with Crippen LogP contribution in [0.5, 0.6) is 0 Å². The first-order valence-electron chi connectivity index (χ1n) is 11.3. The number of anilines is 3. The average molecular weight is 506 g/mol. The number of imidazole rings is 1. The molecule has 2 aromatic carbocycles. The molecule has 2 amide bonds. The van der Waals surface area contributed by atoms with Crippen molar-refractivity contribution in [3.8, 4) is 0 Å². The van der Waals surface area contributed by atoms with Gasteiger partial charge in [-0.2, -0.15) is 0 Å². The van der Waals surface area contributed by atoms with E-state index in [0.717, 1.165) is 11.8 Å². The first-order chi connectivity index (χ1) is 17.1. The van der Waals surface area contributed by atoms with E-state index in [1.807, 2.05) is 37.3 Å². The molecule has 0 saturated heterocycles. The third-order valence-corrected chi connectivity index (χ3v) is 6.22. The zero-order valence-corrected chi connectivity index (χ0v) is 21.0. The van der Waals surface area contributed by atoms with Crippen molar-refractivity contribution >= 4 is 44.7 Å². The summed E-state index contributed by atoms with van der Waals surface area (Å²) < 4.78 is 27.1. The maximum absolute atomic E-state index is 13.0. The normalized spacial score (nSPS) is 11.3. The monoisotopic (exact) mass is 505 g/mol. The van der Waals surface area contributed by atoms with Gasteiger partial charge in [-0.05, 0) is 49.2 Å². The molecule has 0 fully saturated rings. The molecule has 0 aliphatic rings. The lowest BCUT2D eigenvalue weighted by Crippen LogP contribution is -2.28. The summed E-state index contributed by atoms with van der Waals surface area (Å²) >= 11 is 0. The molecule has 10 heteroatoms. The Kier molecular flexibility index (Phi) is 7.07. The number of hydrogen-bond acceptors (Lipinski definition) is 5. The van der Waals surface area contributed by atoms with Crippen LogP contribution in [0.25, 0.3) is 5.65 Å². The summed E-state index contributed by atoms with van der Waals surface area (Å²) in [5.41, 5.74) is 3.50. The largest absolute Gasteiger partial charge is 0.322 e. The summed E-state index contributed by atoms with van der Waals surface area (Å²) in [6, 6.07) is 19.6. The van der Waals surface area contributed by atoms with E-state index in [4.69, 9.17) is 0 Å². The number of hydrogen-bond donors (Lipinski definition) is 2. The van der Waals surface area contributed by atoms with Crippen LogP contribution in [0.3, 0.4) is 0 Å². The van der Waals surface area contributed by atoms with Gasteiger partial charge >= 0.3 is 0 Å². The van der Waals surface area contributed by atoms with E-state index in [0.29, 0.717) is 46.9 Å². The van der Waals surface area contributed by atoms with Crippen molar-refractivity contribution in [1.82, 2.24) is 9.38 Å². The number of amides is 2. The van der Waals surface area contributed by atoms with Crippen molar-refractivity contribution in [2.45, 2.75) is 19.8 Å². The Morgan fingerprint density at radius 2 is 1.72 bits per heavy atom. The van der Waals surface area contributed by atoms with Gasteiger partial charge in [0, 0.05) is 25.4 Å². The second-order valence-corrected chi connectivity index (χ2v) is 10.3. The number of sulfonamides is 1. The quantitative estimate of drug-likeness (QED) is 0.378. The molecular weight excluding hydrogens is 478 g/mol. The number of pyridine rings is 1. The molecule has 0 radical (unpaired) electrons. The van der Waals surface area contributed by atoms with Crippen LogP contribution in [-0.2, 0) is 21.2 Å². The van der Waals surface area contributed by atoms with E-state index in [-0.39, 0.29) is 11.8 Å². The summed E-state index contributed by atoms with van der Waals surface area (Å²) in [6.45, 7) is 1.82. The van der Waals surface area contributed by atoms with Gasteiger partial charge in [-0.1, -0.05) is 36.4 Å². The highest BCUT2D eigenvalue weighted by molar-refractivity contribution is 7.92. The number of aromatic nitrogens is 2. The van der Waals surface area contributed by atoms with Crippen molar-refractivity contribution in [2.24, 2.45) is 0 Å². The molecule has 0 saturated carbocycles. The smallest absolute Gasteiger partial charge is 0.257 e. The molecule has 0 spiro atoms. The molecule has 2 heterocycles. The SMILES string of the molecule is Cc1nc2ccc(C(=O)Nc3cccc(NS(C)(=O)=O)c3)cn2c1N(C)C(=O)CCc1ccccc1. The van der Waals surface area contributed by atoms with Crippen LogP contribution in [0, 0.1) is 6.92 Å². The number of fused-ring (bicyclic) bond motifs is 1. The van der Waals surface area contributed by atoms with Gasteiger partial charge in [-0.25, -0.2) is 13.4 Å². The predicted octanol–water partition coefficient (Wildman–Crippen LogP) is 3.86. The summed E-state index contributed by atoms with van der Waals surface area (Å²) in [4.78, 5) is 32.0. The molecule has 36 heavy (non-hydrogen) atoms. The molecule has 2 aromatic heterocycles. The fourth-order valence-electron chi connectivity index (χ4n) is 3.95. The van der Waals surface area contributed by atoms with Crippen molar-refractivity contribution in [2.75, 3.05) is 28.2 Å². The number of rotatable bonds is 8. The fourth-order valence-corrected chi connectivity index (χ4v) is 4.50. The summed E-state index contributed by atoms with van der Waals surface area (Å²) in [5.74, 6) is 0.148. The van der Waals surface area contributed by atoms with Crippen LogP contribution in [-0.4, -0.2) is 42.9 Å². The first kappa shape index (κ1) is 24.9. The standard InChI is InChI=1S/C26H27N5O4S/c1-18-26(30(2)24(32)15-12-19-8-5-4-6-9-19)31-17-20(13-14-23(31)27-18)25(33)28-21-10-7-11-22(16-21)29-36(3,34)35/h4-11,13-14,16-17,29H,12,15H2,1-3H3,(H,28,33). The van der Waals surface area contributed by atoms with E-state index < -0.39 is 10.0 Å². The van der Waals surface area contributed by atoms with Gasteiger partial charge in [0.2, 0.25) is 15.9 Å². The van der Waals surface area contributed by atoms with Gasteiger partial charge in [0.05, 0.1) is 23.2 Å². The Balaban J connectivity index is 1.54. The Morgan fingerprint density at radius 3 is 2.44 bits per heavy atom. The van der Waals surface area contributed by atoms with Crippen LogP contribution < -0.4 is 14.9 Å². The molecule has 4 rings (SSSR count). The Hall–Kier alpha value is -4.18. The minimum absolute atomic E-state index is 0.0613. The summed E-state index contributed by atoms with van der Waals surface area (Å²) in [5, 5.41) is 2.78. The zero-order valence-electron chi connectivity index (χ0n) is 20.2. The van der Waals surface area contributed by atoms with Gasteiger partial charge < -0.3 is 5.32 Å². The highest BCUT2D eigenvalue weighted by Crippen LogP contribution is 2.24. The van der Waals surface area contributed by atoms with Crippen LogP contribution >= 0.6 is 0 Å². The lowest BCUT2D eigenvalue weighted by molar-refractivity contribution is -0.118. The predicted molar refractivity (Wildman–Crippen MR) is 141 cm³/mol. The number of aryl methyl sites for hydroxylation is 2. The molecule has 0 atom stereocenters. The van der Waals surface area contributed by atoms with Crippen LogP contribution in [0.4, 0.5) is 17.2 Å². The Labute approximate surface area is 209 Å². The van der Waals surface area contributed by atoms with Gasteiger partial charge in [0.1, 0.15) is 11.5 Å². The third kappa shape index (κ3) is 5.89. The van der Waals surface area contributed by atoms with Crippen LogP contribution in [0.2, 0.25) is 0 Å². The molecule has 0 aliphatic carbocycles. The molecule has 4 aromatic rings. The lowest BCUT2D eigenvalue weighted by Gasteiger charge is -2.18. The van der Waals surface area contributed by atoms with Crippen molar-refractivity contribution < 1.29 is 18.0 Å². The highest BCUT2D eigenvalue weighted by Gasteiger charge is 2.20. The van der Waals surface area contributed by atoms with Crippen molar-refractivity contribution in [1.29, 1.82) is 0 Å². The number of nitrogens with one attached hydrogen (secondary N) is 2. The Morgan fingerprint density at radius 1 is 1.00 bits per heavy atom. The van der Waals surface area contributed by atoms with Gasteiger partial charge in [0.15, 0.2) is 0 Å². The molecule has 2 N–H and O–H groups in total. The van der Waals surface area contributed by atoms with Gasteiger partial charge in [0.25, 0.3) is 5.91 Å². The highest BCUT2D eigenvalue weighted by atomic mass is 32.2. The minimum Gasteiger partial charge on any atom is -0.322 e. The number of benzene rings is 2. The van der Waals surface area contributed by atoms with Crippen LogP contribution in [0.1, 0.15) is 28.0 Å². The maximum Gasteiger partial charge on any atom is 0.257 e. The van der Waals surface area contributed by atoms with E-state index in [2.05, 4.69) is 15.0 Å². The number of carbonyl (C=O) groups excluding carboxylic acids is 2. The van der Waals surface area contributed by atoms with Crippen molar-refractivity contribution in [3.05, 3.63) is 89.7 Å².